The van der Waals surface area contributed by atoms with Crippen molar-refractivity contribution < 1.29 is 14.7 Å². The van der Waals surface area contributed by atoms with Gasteiger partial charge in [0.2, 0.25) is 0 Å². The van der Waals surface area contributed by atoms with Gasteiger partial charge in [0, 0.05) is 16.8 Å². The number of nitrogens with zero attached hydrogens (tertiary/aromatic N) is 3. The summed E-state index contributed by atoms with van der Waals surface area (Å²) in [6.45, 7) is 2.45. The smallest absolute Gasteiger partial charge is 0.323 e. The number of carboxylic acid groups (broad SMARTS) is 1. The number of carbonyl (C=O) groups excluding carboxylic acids is 1. The molecule has 8 heteroatoms. The van der Waals surface area contributed by atoms with E-state index in [9.17, 15) is 14.7 Å². The molecule has 5 rings (SSSR count). The van der Waals surface area contributed by atoms with Gasteiger partial charge in [0.1, 0.15) is 12.2 Å². The number of hydrogen-bond donors (Lipinski definition) is 1. The molecule has 0 aromatic heterocycles. The van der Waals surface area contributed by atoms with Crippen LogP contribution < -0.4 is 9.80 Å². The third-order valence-electron chi connectivity index (χ3n) is 5.76. The molecule has 1 N–H and O–H groups in total. The molecule has 170 valence electrons. The Morgan fingerprint density at radius 1 is 1.00 bits per heavy atom. The van der Waals surface area contributed by atoms with Gasteiger partial charge in [0.25, 0.3) is 5.91 Å². The molecule has 1 amide bonds. The molecule has 34 heavy (non-hydrogen) atoms. The van der Waals surface area contributed by atoms with Gasteiger partial charge in [-0.25, -0.2) is 0 Å². The first-order chi connectivity index (χ1) is 16.5. The van der Waals surface area contributed by atoms with Crippen molar-refractivity contribution >= 4 is 63.1 Å². The Labute approximate surface area is 206 Å². The molecular weight excluding hydrogens is 466 g/mol. The number of hydrogen-bond acceptors (Lipinski definition) is 5. The van der Waals surface area contributed by atoms with Crippen LogP contribution >= 0.6 is 24.0 Å². The van der Waals surface area contributed by atoms with Crippen molar-refractivity contribution in [2.75, 3.05) is 22.9 Å². The van der Waals surface area contributed by atoms with Crippen LogP contribution in [0.2, 0.25) is 0 Å². The zero-order valence-corrected chi connectivity index (χ0v) is 20.0. The summed E-state index contributed by atoms with van der Waals surface area (Å²) in [5.74, 6) is -1.41. The van der Waals surface area contributed by atoms with Crippen LogP contribution in [0.3, 0.4) is 0 Å². The Morgan fingerprint density at radius 2 is 1.74 bits per heavy atom. The number of amides is 1. The number of anilines is 2. The van der Waals surface area contributed by atoms with E-state index in [0.29, 0.717) is 5.69 Å². The number of carboxylic acids is 1. The van der Waals surface area contributed by atoms with Gasteiger partial charge in [0.05, 0.1) is 16.4 Å². The summed E-state index contributed by atoms with van der Waals surface area (Å²) < 4.78 is 0. The molecule has 1 fully saturated rings. The minimum absolute atomic E-state index is 0.156. The summed E-state index contributed by atoms with van der Waals surface area (Å²) in [4.78, 5) is 31.0. The Kier molecular flexibility index (Phi) is 5.85. The van der Waals surface area contributed by atoms with Crippen molar-refractivity contribution in [3.05, 3.63) is 89.6 Å². The van der Waals surface area contributed by atoms with Gasteiger partial charge in [-0.3, -0.25) is 14.5 Å². The number of rotatable bonds is 5. The van der Waals surface area contributed by atoms with Crippen LogP contribution in [0.4, 0.5) is 11.4 Å². The molecular formula is C26H21N3O3S2. The molecule has 2 heterocycles. The first kappa shape index (κ1) is 22.2. The number of fused-ring (bicyclic) bond motifs is 3. The van der Waals surface area contributed by atoms with Crippen molar-refractivity contribution in [1.29, 1.82) is 0 Å². The van der Waals surface area contributed by atoms with E-state index in [2.05, 4.69) is 36.1 Å². The first-order valence-electron chi connectivity index (χ1n) is 10.8. The van der Waals surface area contributed by atoms with Gasteiger partial charge in [0.15, 0.2) is 5.11 Å². The predicted octanol–water partition coefficient (Wildman–Crippen LogP) is 5.22. The fourth-order valence-electron chi connectivity index (χ4n) is 4.26. The molecule has 2 aliphatic heterocycles. The summed E-state index contributed by atoms with van der Waals surface area (Å²) >= 11 is 7.14. The molecule has 3 aromatic carbocycles. The normalized spacial score (nSPS) is 18.0. The zero-order chi connectivity index (χ0) is 23.8. The molecule has 0 radical (unpaired) electrons. The lowest BCUT2D eigenvalue weighted by molar-refractivity contribution is -0.137. The van der Waals surface area contributed by atoms with Gasteiger partial charge in [-0.05, 0) is 54.9 Å². The molecule has 0 spiro atoms. The minimum Gasteiger partial charge on any atom is -0.480 e. The lowest BCUT2D eigenvalue weighted by Gasteiger charge is -2.20. The maximum Gasteiger partial charge on any atom is 0.323 e. The number of allylic oxidation sites excluding steroid dienone is 2. The fraction of sp³-hybridized carbons (Fsp3) is 0.115. The van der Waals surface area contributed by atoms with E-state index >= 15 is 0 Å². The lowest BCUT2D eigenvalue weighted by Crippen LogP contribution is -2.35. The molecule has 0 saturated carbocycles. The van der Waals surface area contributed by atoms with Crippen LogP contribution in [0.5, 0.6) is 0 Å². The second-order valence-corrected chi connectivity index (χ2v) is 9.20. The highest BCUT2D eigenvalue weighted by Crippen LogP contribution is 2.49. The zero-order valence-electron chi connectivity index (χ0n) is 18.3. The maximum atomic E-state index is 13.3. The molecule has 0 unspecified atom stereocenters. The lowest BCUT2D eigenvalue weighted by atomic mass is 10.1. The topological polar surface area (TPSA) is 64.1 Å². The van der Waals surface area contributed by atoms with Crippen LogP contribution in [0.1, 0.15) is 6.92 Å². The summed E-state index contributed by atoms with van der Waals surface area (Å²) in [6.07, 6.45) is 3.56. The highest BCUT2D eigenvalue weighted by Gasteiger charge is 2.39. The average Bonchev–Trinajstić information content (AvgIpc) is 3.32. The van der Waals surface area contributed by atoms with Crippen LogP contribution in [0.15, 0.2) is 94.5 Å². The Morgan fingerprint density at radius 3 is 2.47 bits per heavy atom. The van der Waals surface area contributed by atoms with E-state index in [0.717, 1.165) is 22.2 Å². The highest BCUT2D eigenvalue weighted by atomic mass is 32.2. The van der Waals surface area contributed by atoms with E-state index in [1.165, 1.54) is 20.6 Å². The van der Waals surface area contributed by atoms with E-state index in [4.69, 9.17) is 12.2 Å². The number of aliphatic carboxylic acids is 1. The molecule has 1 saturated heterocycles. The summed E-state index contributed by atoms with van der Waals surface area (Å²) in [5, 5.41) is 12.9. The second kappa shape index (κ2) is 8.96. The monoisotopic (exact) mass is 487 g/mol. The van der Waals surface area contributed by atoms with Crippen molar-refractivity contribution in [3.8, 4) is 0 Å². The van der Waals surface area contributed by atoms with Gasteiger partial charge in [-0.2, -0.15) is 0 Å². The third kappa shape index (κ3) is 3.74. The summed E-state index contributed by atoms with van der Waals surface area (Å²) in [6, 6.07) is 21.5. The molecule has 3 aromatic rings. The summed E-state index contributed by atoms with van der Waals surface area (Å²) in [7, 11) is 0. The predicted molar refractivity (Wildman–Crippen MR) is 140 cm³/mol. The van der Waals surface area contributed by atoms with Crippen molar-refractivity contribution in [3.63, 3.8) is 0 Å². The maximum absolute atomic E-state index is 13.3. The van der Waals surface area contributed by atoms with Gasteiger partial charge < -0.3 is 14.9 Å². The molecule has 2 aliphatic rings. The standard InChI is InChI=1S/C26H21N3O3S2/c1-2-27-22(34-21-14-12-17-8-6-7-11-19(17)24(21)27)15-13-20-25(32)29(18-9-4-3-5-10-18)26(33)28(20)16-23(30)31/h3-15H,2,16H2,1H3,(H,30,31). The van der Waals surface area contributed by atoms with E-state index in [-0.39, 0.29) is 16.7 Å². The molecule has 0 bridgehead atoms. The average molecular weight is 488 g/mol. The number of thioether (sulfide) groups is 1. The van der Waals surface area contributed by atoms with Crippen molar-refractivity contribution in [2.24, 2.45) is 0 Å². The number of carbonyl (C=O) groups is 2. The molecule has 0 aliphatic carbocycles. The quantitative estimate of drug-likeness (QED) is 0.391. The van der Waals surface area contributed by atoms with Gasteiger partial charge in [-0.1, -0.05) is 60.3 Å². The number of para-hydroxylation sites is 1. The van der Waals surface area contributed by atoms with E-state index < -0.39 is 12.5 Å². The SMILES string of the molecule is CCN1C(=CC=C2C(=O)N(c3ccccc3)C(=S)N2CC(=O)O)Sc2ccc3ccccc3c21. The fourth-order valence-corrected chi connectivity index (χ4v) is 5.75. The second-order valence-electron chi connectivity index (χ2n) is 7.78. The Hall–Kier alpha value is -3.62. The van der Waals surface area contributed by atoms with E-state index in [1.54, 1.807) is 30.0 Å². The Balaban J connectivity index is 1.55. The largest absolute Gasteiger partial charge is 0.480 e. The Bertz CT molecular complexity index is 1380. The summed E-state index contributed by atoms with van der Waals surface area (Å²) in [5.41, 5.74) is 1.99. The molecule has 0 atom stereocenters. The van der Waals surface area contributed by atoms with E-state index in [1.807, 2.05) is 36.4 Å². The third-order valence-corrected chi connectivity index (χ3v) is 7.27. The number of benzene rings is 3. The molecule has 6 nitrogen and oxygen atoms in total. The van der Waals surface area contributed by atoms with Gasteiger partial charge >= 0.3 is 5.97 Å². The van der Waals surface area contributed by atoms with Crippen LogP contribution in [0.25, 0.3) is 10.8 Å². The minimum atomic E-state index is -1.06. The highest BCUT2D eigenvalue weighted by molar-refractivity contribution is 8.03. The van der Waals surface area contributed by atoms with Crippen LogP contribution in [-0.2, 0) is 9.59 Å². The first-order valence-corrected chi connectivity index (χ1v) is 12.0. The van der Waals surface area contributed by atoms with Gasteiger partial charge in [-0.15, -0.1) is 0 Å². The van der Waals surface area contributed by atoms with Crippen LogP contribution in [-0.4, -0.2) is 40.1 Å². The van der Waals surface area contributed by atoms with Crippen molar-refractivity contribution in [1.82, 2.24) is 4.90 Å². The van der Waals surface area contributed by atoms with Crippen molar-refractivity contribution in [2.45, 2.75) is 11.8 Å². The number of thiocarbonyl (C=S) groups is 1. The van der Waals surface area contributed by atoms with Crippen LogP contribution in [0, 0.1) is 0 Å².